The maximum absolute atomic E-state index is 13.4. The predicted molar refractivity (Wildman–Crippen MR) is 160 cm³/mol. The molecule has 0 aromatic heterocycles. The fraction of sp³-hybridized carbons (Fsp3) is 0.500. The monoisotopic (exact) mass is 566 g/mol. The zero-order valence-corrected chi connectivity index (χ0v) is 24.7. The molecular formula is C32H42N2O5S. The molecule has 0 radical (unpaired) electrons. The van der Waals surface area contributed by atoms with Crippen LogP contribution < -0.4 is 5.32 Å². The molecule has 40 heavy (non-hydrogen) atoms. The lowest BCUT2D eigenvalue weighted by molar-refractivity contribution is -0.139. The van der Waals surface area contributed by atoms with E-state index in [1.165, 1.54) is 19.3 Å². The first-order chi connectivity index (χ1) is 19.4. The fourth-order valence-electron chi connectivity index (χ4n) is 5.71. The van der Waals surface area contributed by atoms with Crippen molar-refractivity contribution in [2.24, 2.45) is 0 Å². The number of rotatable bonds is 12. The second kappa shape index (κ2) is 14.6. The zero-order valence-electron chi connectivity index (χ0n) is 23.9. The number of hydrogen-bond acceptors (Lipinski definition) is 6. The van der Waals surface area contributed by atoms with E-state index in [0.717, 1.165) is 53.8 Å². The number of likely N-dealkylation sites (tertiary alicyclic amines) is 1. The molecule has 7 nitrogen and oxygen atoms in total. The summed E-state index contributed by atoms with van der Waals surface area (Å²) < 4.78 is 11.9. The molecule has 1 aliphatic heterocycles. The Bertz CT molecular complexity index is 1190. The van der Waals surface area contributed by atoms with Gasteiger partial charge in [0.15, 0.2) is 0 Å². The molecular weight excluding hydrogens is 524 g/mol. The molecule has 216 valence electrons. The van der Waals surface area contributed by atoms with Gasteiger partial charge in [0.05, 0.1) is 25.0 Å². The summed E-state index contributed by atoms with van der Waals surface area (Å²) in [6.45, 7) is 3.48. The van der Waals surface area contributed by atoms with Gasteiger partial charge in [0.2, 0.25) is 0 Å². The molecule has 2 fully saturated rings. The molecule has 2 atom stereocenters. The third-order valence-electron chi connectivity index (χ3n) is 7.81. The first kappa shape index (κ1) is 30.0. The Hall–Kier alpha value is -2.97. The van der Waals surface area contributed by atoms with Crippen molar-refractivity contribution in [3.05, 3.63) is 71.1 Å². The van der Waals surface area contributed by atoms with Crippen LogP contribution in [-0.2, 0) is 20.8 Å². The highest BCUT2D eigenvalue weighted by Gasteiger charge is 2.31. The van der Waals surface area contributed by atoms with Crippen molar-refractivity contribution < 1.29 is 24.2 Å². The van der Waals surface area contributed by atoms with E-state index in [0.29, 0.717) is 30.4 Å². The van der Waals surface area contributed by atoms with Crippen molar-refractivity contribution in [2.45, 2.75) is 76.7 Å². The molecule has 1 heterocycles. The molecule has 0 spiro atoms. The highest BCUT2D eigenvalue weighted by molar-refractivity contribution is 7.98. The van der Waals surface area contributed by atoms with Crippen LogP contribution in [0.25, 0.3) is 11.1 Å². The number of aliphatic carboxylic acids is 1. The number of carbonyl (C=O) groups is 2. The number of carbonyl (C=O) groups excluding carboxylic acids is 1. The number of aryl methyl sites for hydroxylation is 1. The Morgan fingerprint density at radius 1 is 1.12 bits per heavy atom. The SMILES string of the molecule is CO/C=C1\CC(OC2CCCCC2)CN1Cc1ccc(C(=O)NC(CCSC)C(=O)O)c(-c2ccccc2C)c1. The average Bonchev–Trinajstić information content (AvgIpc) is 3.31. The number of carboxylic acids is 1. The Morgan fingerprint density at radius 2 is 1.90 bits per heavy atom. The van der Waals surface area contributed by atoms with Gasteiger partial charge in [-0.25, -0.2) is 4.79 Å². The van der Waals surface area contributed by atoms with Crippen molar-refractivity contribution in [2.75, 3.05) is 25.7 Å². The summed E-state index contributed by atoms with van der Waals surface area (Å²) in [5, 5.41) is 12.4. The van der Waals surface area contributed by atoms with Crippen LogP contribution >= 0.6 is 11.8 Å². The van der Waals surface area contributed by atoms with Gasteiger partial charge in [-0.2, -0.15) is 11.8 Å². The van der Waals surface area contributed by atoms with Crippen LogP contribution in [0.4, 0.5) is 0 Å². The first-order valence-electron chi connectivity index (χ1n) is 14.2. The second-order valence-corrected chi connectivity index (χ2v) is 11.8. The topological polar surface area (TPSA) is 88.1 Å². The number of carboxylic acid groups (broad SMARTS) is 1. The van der Waals surface area contributed by atoms with E-state index in [-0.39, 0.29) is 12.0 Å². The van der Waals surface area contributed by atoms with Crippen LogP contribution in [0, 0.1) is 6.92 Å². The molecule has 1 saturated carbocycles. The van der Waals surface area contributed by atoms with Gasteiger partial charge in [-0.15, -0.1) is 0 Å². The van der Waals surface area contributed by atoms with E-state index < -0.39 is 12.0 Å². The van der Waals surface area contributed by atoms with Crippen molar-refractivity contribution in [1.29, 1.82) is 0 Å². The lowest BCUT2D eigenvalue weighted by atomic mass is 9.93. The highest BCUT2D eigenvalue weighted by Crippen LogP contribution is 2.32. The maximum atomic E-state index is 13.4. The Morgan fingerprint density at radius 3 is 2.60 bits per heavy atom. The third-order valence-corrected chi connectivity index (χ3v) is 8.45. The Labute approximate surface area is 242 Å². The normalized spacial score (nSPS) is 19.5. The minimum atomic E-state index is -1.02. The van der Waals surface area contributed by atoms with E-state index in [2.05, 4.69) is 16.3 Å². The molecule has 2 aromatic rings. The van der Waals surface area contributed by atoms with Gasteiger partial charge in [0.1, 0.15) is 12.3 Å². The lowest BCUT2D eigenvalue weighted by Gasteiger charge is -2.26. The van der Waals surface area contributed by atoms with Gasteiger partial charge in [0.25, 0.3) is 5.91 Å². The summed E-state index contributed by atoms with van der Waals surface area (Å²) in [5.74, 6) is -0.743. The van der Waals surface area contributed by atoms with Gasteiger partial charge in [-0.05, 0) is 72.6 Å². The van der Waals surface area contributed by atoms with E-state index >= 15 is 0 Å². The number of nitrogens with zero attached hydrogens (tertiary/aromatic N) is 1. The van der Waals surface area contributed by atoms with Crippen molar-refractivity contribution in [3.63, 3.8) is 0 Å². The summed E-state index contributed by atoms with van der Waals surface area (Å²) in [5.41, 5.74) is 5.45. The van der Waals surface area contributed by atoms with Crippen molar-refractivity contribution in [1.82, 2.24) is 10.2 Å². The number of thioether (sulfide) groups is 1. The molecule has 2 N–H and O–H groups in total. The quantitative estimate of drug-likeness (QED) is 0.304. The molecule has 2 aromatic carbocycles. The minimum Gasteiger partial charge on any atom is -0.503 e. The van der Waals surface area contributed by atoms with E-state index in [1.807, 2.05) is 55.8 Å². The molecule has 4 rings (SSSR count). The van der Waals surface area contributed by atoms with Crippen LogP contribution in [0.3, 0.4) is 0 Å². The molecule has 8 heteroatoms. The minimum absolute atomic E-state index is 0.139. The van der Waals surface area contributed by atoms with Gasteiger partial charge in [-0.3, -0.25) is 4.79 Å². The molecule has 2 aliphatic rings. The van der Waals surface area contributed by atoms with Gasteiger partial charge < -0.3 is 24.8 Å². The molecule has 1 amide bonds. The van der Waals surface area contributed by atoms with Crippen LogP contribution in [0.5, 0.6) is 0 Å². The number of amides is 1. The van der Waals surface area contributed by atoms with Crippen LogP contribution in [-0.4, -0.2) is 65.8 Å². The number of nitrogens with one attached hydrogen (secondary N) is 1. The second-order valence-electron chi connectivity index (χ2n) is 10.8. The Kier molecular flexibility index (Phi) is 10.9. The van der Waals surface area contributed by atoms with Gasteiger partial charge >= 0.3 is 5.97 Å². The van der Waals surface area contributed by atoms with Gasteiger partial charge in [0, 0.05) is 25.1 Å². The van der Waals surface area contributed by atoms with Crippen molar-refractivity contribution in [3.8, 4) is 11.1 Å². The number of hydrogen-bond donors (Lipinski definition) is 2. The predicted octanol–water partition coefficient (Wildman–Crippen LogP) is 6.01. The molecule has 1 aliphatic carbocycles. The number of methoxy groups -OCH3 is 1. The van der Waals surface area contributed by atoms with E-state index in [9.17, 15) is 14.7 Å². The van der Waals surface area contributed by atoms with Crippen LogP contribution in [0.1, 0.15) is 66.4 Å². The summed E-state index contributed by atoms with van der Waals surface area (Å²) in [4.78, 5) is 27.5. The fourth-order valence-corrected chi connectivity index (χ4v) is 6.19. The van der Waals surface area contributed by atoms with Crippen LogP contribution in [0.15, 0.2) is 54.4 Å². The molecule has 2 unspecified atom stereocenters. The van der Waals surface area contributed by atoms with E-state index in [4.69, 9.17) is 9.47 Å². The largest absolute Gasteiger partial charge is 0.503 e. The maximum Gasteiger partial charge on any atom is 0.326 e. The zero-order chi connectivity index (χ0) is 28.5. The standard InChI is InChI=1S/C32H42N2O5S/c1-22-9-7-8-12-27(22)29-17-23(13-14-28(29)31(35)33-30(32(36)37)15-16-40-3)19-34-20-26(18-24(34)21-38-2)39-25-10-5-4-6-11-25/h7-9,12-14,17,21,25-26,30H,4-6,10-11,15-16,18-20H2,1-3H3,(H,33,35)(H,36,37)/b24-21+. The summed E-state index contributed by atoms with van der Waals surface area (Å²) in [6, 6.07) is 12.9. The number of ether oxygens (including phenoxy) is 2. The third kappa shape index (κ3) is 7.82. The lowest BCUT2D eigenvalue weighted by Crippen LogP contribution is -2.41. The summed E-state index contributed by atoms with van der Waals surface area (Å²) in [6.07, 6.45) is 11.5. The molecule has 1 saturated heterocycles. The average molecular weight is 567 g/mol. The Balaban J connectivity index is 1.58. The number of benzene rings is 2. The van der Waals surface area contributed by atoms with Gasteiger partial charge in [-0.1, -0.05) is 49.6 Å². The van der Waals surface area contributed by atoms with Crippen molar-refractivity contribution >= 4 is 23.6 Å². The van der Waals surface area contributed by atoms with Crippen LogP contribution in [0.2, 0.25) is 0 Å². The van der Waals surface area contributed by atoms with E-state index in [1.54, 1.807) is 18.9 Å². The first-order valence-corrected chi connectivity index (χ1v) is 15.6. The highest BCUT2D eigenvalue weighted by atomic mass is 32.2. The summed E-state index contributed by atoms with van der Waals surface area (Å²) >= 11 is 1.56. The summed E-state index contributed by atoms with van der Waals surface area (Å²) in [7, 11) is 1.67. The smallest absolute Gasteiger partial charge is 0.326 e. The molecule has 0 bridgehead atoms.